The summed E-state index contributed by atoms with van der Waals surface area (Å²) in [6, 6.07) is 3.96. The number of hydrogen-bond donors (Lipinski definition) is 1. The molecule has 1 heterocycles. The number of anilines is 1. The molecule has 0 aliphatic carbocycles. The third-order valence-corrected chi connectivity index (χ3v) is 3.17. The number of alkyl halides is 3. The Balaban J connectivity index is 2.27. The lowest BCUT2D eigenvalue weighted by atomic mass is 10.1. The Kier molecular flexibility index (Phi) is 4.34. The number of rotatable bonds is 2. The Morgan fingerprint density at radius 3 is 2.57 bits per heavy atom. The fourth-order valence-corrected chi connectivity index (χ4v) is 1.73. The summed E-state index contributed by atoms with van der Waals surface area (Å²) in [6.45, 7) is 0. The number of amides is 1. The monoisotopic (exact) mass is 335 g/mol. The lowest BCUT2D eigenvalue weighted by molar-refractivity contribution is -0.137. The lowest BCUT2D eigenvalue weighted by Crippen LogP contribution is -2.15. The molecule has 0 aliphatic heterocycles. The van der Waals surface area contributed by atoms with Crippen molar-refractivity contribution in [3.63, 3.8) is 0 Å². The van der Waals surface area contributed by atoms with Gasteiger partial charge in [-0.2, -0.15) is 13.2 Å². The first kappa shape index (κ1) is 15.5. The van der Waals surface area contributed by atoms with Gasteiger partial charge in [0.05, 0.1) is 5.56 Å². The average Bonchev–Trinajstić information content (AvgIpc) is 2.43. The number of nitrogens with zero attached hydrogens (tertiary/aromatic N) is 2. The molecule has 1 aromatic carbocycles. The quantitative estimate of drug-likeness (QED) is 0.842. The van der Waals surface area contributed by atoms with Crippen LogP contribution in [0, 0.1) is 0 Å². The van der Waals surface area contributed by atoms with E-state index in [1.807, 2.05) is 0 Å². The van der Waals surface area contributed by atoms with Crippen molar-refractivity contribution in [1.82, 2.24) is 9.97 Å². The molecule has 0 aliphatic rings. The summed E-state index contributed by atoms with van der Waals surface area (Å²) >= 11 is 11.4. The standard InChI is InChI=1S/C12H6Cl2F3N3O/c13-8-9(14)18-5-19-10(8)20-11(21)6-2-1-3-7(4-6)12(15,16)17/h1-5H,(H,18,19,20,21). The van der Waals surface area contributed by atoms with Gasteiger partial charge in [-0.15, -0.1) is 0 Å². The van der Waals surface area contributed by atoms with Crippen LogP contribution >= 0.6 is 23.2 Å². The number of nitrogens with one attached hydrogen (secondary N) is 1. The molecule has 0 fully saturated rings. The minimum absolute atomic E-state index is 0.0778. The molecule has 1 N–H and O–H groups in total. The van der Waals surface area contributed by atoms with Gasteiger partial charge in [0.15, 0.2) is 11.0 Å². The largest absolute Gasteiger partial charge is 0.416 e. The maximum atomic E-state index is 12.6. The van der Waals surface area contributed by atoms with Gasteiger partial charge in [-0.05, 0) is 18.2 Å². The van der Waals surface area contributed by atoms with Crippen LogP contribution in [0.5, 0.6) is 0 Å². The number of aromatic nitrogens is 2. The molecule has 4 nitrogen and oxygen atoms in total. The summed E-state index contributed by atoms with van der Waals surface area (Å²) in [7, 11) is 0. The molecule has 0 saturated heterocycles. The van der Waals surface area contributed by atoms with E-state index >= 15 is 0 Å². The topological polar surface area (TPSA) is 54.9 Å². The lowest BCUT2D eigenvalue weighted by Gasteiger charge is -2.09. The van der Waals surface area contributed by atoms with Crippen LogP contribution in [-0.4, -0.2) is 15.9 Å². The molecule has 2 aromatic rings. The predicted octanol–water partition coefficient (Wildman–Crippen LogP) is 4.05. The van der Waals surface area contributed by atoms with Gasteiger partial charge in [-0.3, -0.25) is 4.79 Å². The summed E-state index contributed by atoms with van der Waals surface area (Å²) in [5.74, 6) is -0.878. The molecule has 21 heavy (non-hydrogen) atoms. The van der Waals surface area contributed by atoms with Crippen LogP contribution in [0.4, 0.5) is 19.0 Å². The molecule has 110 valence electrons. The molecular weight excluding hydrogens is 330 g/mol. The number of hydrogen-bond acceptors (Lipinski definition) is 3. The van der Waals surface area contributed by atoms with E-state index in [-0.39, 0.29) is 21.6 Å². The van der Waals surface area contributed by atoms with Gasteiger partial charge in [-0.25, -0.2) is 9.97 Å². The maximum Gasteiger partial charge on any atom is 0.416 e. The van der Waals surface area contributed by atoms with Crippen LogP contribution in [0.15, 0.2) is 30.6 Å². The molecule has 0 bridgehead atoms. The number of carbonyl (C=O) groups is 1. The fraction of sp³-hybridized carbons (Fsp3) is 0.0833. The summed E-state index contributed by atoms with van der Waals surface area (Å²) < 4.78 is 37.8. The van der Waals surface area contributed by atoms with Gasteiger partial charge >= 0.3 is 6.18 Å². The third-order valence-electron chi connectivity index (χ3n) is 2.43. The van der Waals surface area contributed by atoms with E-state index in [4.69, 9.17) is 23.2 Å². The molecule has 1 amide bonds. The van der Waals surface area contributed by atoms with Gasteiger partial charge in [-0.1, -0.05) is 29.3 Å². The normalized spacial score (nSPS) is 11.3. The highest BCUT2D eigenvalue weighted by molar-refractivity contribution is 6.43. The van der Waals surface area contributed by atoms with Crippen LogP contribution in [0.3, 0.4) is 0 Å². The van der Waals surface area contributed by atoms with Gasteiger partial charge in [0.1, 0.15) is 11.3 Å². The smallest absolute Gasteiger partial charge is 0.305 e. The van der Waals surface area contributed by atoms with Crippen molar-refractivity contribution in [3.05, 3.63) is 51.9 Å². The first-order valence-electron chi connectivity index (χ1n) is 5.43. The summed E-state index contributed by atoms with van der Waals surface area (Å²) in [6.07, 6.45) is -3.47. The predicted molar refractivity (Wildman–Crippen MR) is 71.4 cm³/mol. The van der Waals surface area contributed by atoms with Crippen LogP contribution in [0.1, 0.15) is 15.9 Å². The van der Waals surface area contributed by atoms with Crippen molar-refractivity contribution < 1.29 is 18.0 Å². The number of carbonyl (C=O) groups excluding carboxylic acids is 1. The third kappa shape index (κ3) is 3.62. The zero-order chi connectivity index (χ0) is 15.6. The van der Waals surface area contributed by atoms with E-state index in [0.29, 0.717) is 0 Å². The second-order valence-corrected chi connectivity index (χ2v) is 4.60. The SMILES string of the molecule is O=C(Nc1ncnc(Cl)c1Cl)c1cccc(C(F)(F)F)c1. The van der Waals surface area contributed by atoms with E-state index < -0.39 is 17.6 Å². The molecule has 0 spiro atoms. The minimum Gasteiger partial charge on any atom is -0.305 e. The van der Waals surface area contributed by atoms with Crippen molar-refractivity contribution in [2.45, 2.75) is 6.18 Å². The zero-order valence-electron chi connectivity index (χ0n) is 10.1. The van der Waals surface area contributed by atoms with E-state index in [9.17, 15) is 18.0 Å². The molecule has 0 radical (unpaired) electrons. The number of benzene rings is 1. The van der Waals surface area contributed by atoms with E-state index in [0.717, 1.165) is 24.5 Å². The first-order valence-corrected chi connectivity index (χ1v) is 6.19. The van der Waals surface area contributed by atoms with Crippen LogP contribution in [0.2, 0.25) is 10.2 Å². The van der Waals surface area contributed by atoms with Crippen molar-refractivity contribution >= 4 is 34.9 Å². The Labute approximate surface area is 126 Å². The Hall–Kier alpha value is -1.86. The van der Waals surface area contributed by atoms with Gasteiger partial charge in [0, 0.05) is 5.56 Å². The van der Waals surface area contributed by atoms with E-state index in [1.54, 1.807) is 0 Å². The summed E-state index contributed by atoms with van der Waals surface area (Å²) in [5.41, 5.74) is -1.11. The van der Waals surface area contributed by atoms with Crippen LogP contribution < -0.4 is 5.32 Å². The zero-order valence-corrected chi connectivity index (χ0v) is 11.6. The highest BCUT2D eigenvalue weighted by atomic mass is 35.5. The minimum atomic E-state index is -4.54. The van der Waals surface area contributed by atoms with E-state index in [2.05, 4.69) is 15.3 Å². The summed E-state index contributed by atoms with van der Waals surface area (Å²) in [4.78, 5) is 19.2. The fourth-order valence-electron chi connectivity index (χ4n) is 1.45. The highest BCUT2D eigenvalue weighted by Crippen LogP contribution is 2.30. The van der Waals surface area contributed by atoms with E-state index in [1.165, 1.54) is 6.07 Å². The van der Waals surface area contributed by atoms with Crippen LogP contribution in [0.25, 0.3) is 0 Å². The Bertz CT molecular complexity index is 692. The molecule has 9 heteroatoms. The molecule has 0 saturated carbocycles. The van der Waals surface area contributed by atoms with Gasteiger partial charge < -0.3 is 5.32 Å². The molecule has 2 rings (SSSR count). The highest BCUT2D eigenvalue weighted by Gasteiger charge is 2.31. The average molecular weight is 336 g/mol. The summed E-state index contributed by atoms with van der Waals surface area (Å²) in [5, 5.41) is 2.10. The van der Waals surface area contributed by atoms with Crippen molar-refractivity contribution in [3.8, 4) is 0 Å². The van der Waals surface area contributed by atoms with Crippen molar-refractivity contribution in [1.29, 1.82) is 0 Å². The molecule has 1 aromatic heterocycles. The maximum absolute atomic E-state index is 12.6. The Morgan fingerprint density at radius 1 is 1.19 bits per heavy atom. The van der Waals surface area contributed by atoms with Gasteiger partial charge in [0.25, 0.3) is 5.91 Å². The molecule has 0 atom stereocenters. The second-order valence-electron chi connectivity index (χ2n) is 3.86. The Morgan fingerprint density at radius 2 is 1.90 bits per heavy atom. The first-order chi connectivity index (χ1) is 9.79. The second kappa shape index (κ2) is 5.87. The number of halogens is 5. The van der Waals surface area contributed by atoms with Gasteiger partial charge in [0.2, 0.25) is 0 Å². The molecular formula is C12H6Cl2F3N3O. The van der Waals surface area contributed by atoms with Crippen molar-refractivity contribution in [2.75, 3.05) is 5.32 Å². The van der Waals surface area contributed by atoms with Crippen LogP contribution in [-0.2, 0) is 6.18 Å². The molecule has 0 unspecified atom stereocenters. The van der Waals surface area contributed by atoms with Crippen molar-refractivity contribution in [2.24, 2.45) is 0 Å².